The van der Waals surface area contributed by atoms with Crippen LogP contribution in [0.5, 0.6) is 0 Å². The minimum atomic E-state index is -0.588. The Bertz CT molecular complexity index is 1060. The maximum absolute atomic E-state index is 13.6. The average molecular weight is 554 g/mol. The Kier molecular flexibility index (Phi) is 10.9. The van der Waals surface area contributed by atoms with Crippen molar-refractivity contribution in [2.75, 3.05) is 5.75 Å². The van der Waals surface area contributed by atoms with E-state index in [0.29, 0.717) is 25.1 Å². The zero-order valence-corrected chi connectivity index (χ0v) is 22.7. The molecule has 0 aliphatic heterocycles. The number of halogens is 1. The van der Waals surface area contributed by atoms with Crippen molar-refractivity contribution in [3.63, 3.8) is 0 Å². The van der Waals surface area contributed by atoms with Gasteiger partial charge in [0.25, 0.3) is 0 Å². The van der Waals surface area contributed by atoms with Crippen molar-refractivity contribution in [1.82, 2.24) is 10.2 Å². The monoisotopic (exact) mass is 552 g/mol. The predicted molar refractivity (Wildman–Crippen MR) is 149 cm³/mol. The first kappa shape index (κ1) is 27.0. The smallest absolute Gasteiger partial charge is 0.243 e. The van der Waals surface area contributed by atoms with E-state index in [0.717, 1.165) is 21.4 Å². The van der Waals surface area contributed by atoms with Gasteiger partial charge in [0, 0.05) is 41.4 Å². The van der Waals surface area contributed by atoms with Crippen LogP contribution >= 0.6 is 27.7 Å². The summed E-state index contributed by atoms with van der Waals surface area (Å²) < 4.78 is 0.981. The van der Waals surface area contributed by atoms with E-state index in [1.54, 1.807) is 16.7 Å². The molecule has 3 aromatic carbocycles. The highest BCUT2D eigenvalue weighted by Crippen LogP contribution is 2.19. The van der Waals surface area contributed by atoms with Crippen LogP contribution in [0.25, 0.3) is 0 Å². The second kappa shape index (κ2) is 14.1. The highest BCUT2D eigenvalue weighted by molar-refractivity contribution is 9.10. The minimum absolute atomic E-state index is 0.00619. The number of amides is 2. The largest absolute Gasteiger partial charge is 0.352 e. The summed E-state index contributed by atoms with van der Waals surface area (Å²) in [6.07, 6.45) is 0.854. The third-order valence-corrected chi connectivity index (χ3v) is 7.10. The zero-order chi connectivity index (χ0) is 25.0. The van der Waals surface area contributed by atoms with Crippen LogP contribution in [0.1, 0.15) is 37.0 Å². The van der Waals surface area contributed by atoms with E-state index in [4.69, 9.17) is 0 Å². The molecule has 0 aromatic heterocycles. The fraction of sp³-hybridized carbons (Fsp3) is 0.310. The van der Waals surface area contributed by atoms with Crippen molar-refractivity contribution in [1.29, 1.82) is 0 Å². The topological polar surface area (TPSA) is 49.4 Å². The van der Waals surface area contributed by atoms with Gasteiger partial charge in [-0.1, -0.05) is 88.7 Å². The van der Waals surface area contributed by atoms with Gasteiger partial charge in [-0.3, -0.25) is 9.59 Å². The lowest BCUT2D eigenvalue weighted by Crippen LogP contribution is -2.51. The van der Waals surface area contributed by atoms with E-state index in [1.807, 2.05) is 86.6 Å². The van der Waals surface area contributed by atoms with Gasteiger partial charge in [0.2, 0.25) is 11.8 Å². The number of hydrogen-bond donors (Lipinski definition) is 1. The summed E-state index contributed by atoms with van der Waals surface area (Å²) in [6, 6.07) is 27.5. The standard InChI is InChI=1S/C29H33BrN2O2S/c1-22(2)31-29(34)27(19-23-9-5-3-6-10-23)32(20-24-13-15-26(30)16-14-24)28(33)17-18-35-21-25-11-7-4-8-12-25/h3-16,22,27H,17-21H2,1-2H3,(H,31,34)/t27-/m1/s1. The summed E-state index contributed by atoms with van der Waals surface area (Å²) in [5.74, 6) is 1.44. The molecule has 2 amide bonds. The molecular weight excluding hydrogens is 520 g/mol. The lowest BCUT2D eigenvalue weighted by atomic mass is 10.0. The maximum Gasteiger partial charge on any atom is 0.243 e. The number of carbonyl (C=O) groups is 2. The first-order chi connectivity index (χ1) is 16.9. The fourth-order valence-corrected chi connectivity index (χ4v) is 4.94. The molecule has 0 saturated carbocycles. The van der Waals surface area contributed by atoms with E-state index in [2.05, 4.69) is 33.4 Å². The summed E-state index contributed by atoms with van der Waals surface area (Å²) in [6.45, 7) is 4.27. The SMILES string of the molecule is CC(C)NC(=O)[C@@H](Cc1ccccc1)N(Cc1ccc(Br)cc1)C(=O)CCSCc1ccccc1. The third-order valence-electron chi connectivity index (χ3n) is 5.54. The normalized spacial score (nSPS) is 11.8. The lowest BCUT2D eigenvalue weighted by Gasteiger charge is -2.32. The van der Waals surface area contributed by atoms with Gasteiger partial charge in [0.1, 0.15) is 6.04 Å². The van der Waals surface area contributed by atoms with Crippen molar-refractivity contribution in [2.45, 2.75) is 51.1 Å². The fourth-order valence-electron chi connectivity index (χ4n) is 3.79. The van der Waals surface area contributed by atoms with Gasteiger partial charge >= 0.3 is 0 Å². The van der Waals surface area contributed by atoms with Crippen molar-refractivity contribution in [3.8, 4) is 0 Å². The highest BCUT2D eigenvalue weighted by Gasteiger charge is 2.30. The number of benzene rings is 3. The molecule has 0 radical (unpaired) electrons. The Morgan fingerprint density at radius 3 is 2.06 bits per heavy atom. The third kappa shape index (κ3) is 9.19. The molecule has 0 heterocycles. The van der Waals surface area contributed by atoms with E-state index >= 15 is 0 Å². The first-order valence-electron chi connectivity index (χ1n) is 11.9. The van der Waals surface area contributed by atoms with E-state index in [9.17, 15) is 9.59 Å². The Labute approximate surface area is 221 Å². The number of rotatable bonds is 12. The van der Waals surface area contributed by atoms with Crippen molar-refractivity contribution >= 4 is 39.5 Å². The van der Waals surface area contributed by atoms with Gasteiger partial charge in [-0.25, -0.2) is 0 Å². The zero-order valence-electron chi connectivity index (χ0n) is 20.3. The van der Waals surface area contributed by atoms with Crippen LogP contribution in [0.2, 0.25) is 0 Å². The lowest BCUT2D eigenvalue weighted by molar-refractivity contribution is -0.141. The average Bonchev–Trinajstić information content (AvgIpc) is 2.86. The van der Waals surface area contributed by atoms with Crippen LogP contribution in [-0.2, 0) is 28.3 Å². The molecule has 0 unspecified atom stereocenters. The summed E-state index contributed by atoms with van der Waals surface area (Å²) in [5, 5.41) is 3.04. The van der Waals surface area contributed by atoms with Gasteiger partial charge in [-0.2, -0.15) is 11.8 Å². The second-order valence-electron chi connectivity index (χ2n) is 8.81. The molecule has 0 fully saturated rings. The van der Waals surface area contributed by atoms with Crippen LogP contribution in [0.15, 0.2) is 89.4 Å². The first-order valence-corrected chi connectivity index (χ1v) is 13.9. The van der Waals surface area contributed by atoms with E-state index < -0.39 is 6.04 Å². The van der Waals surface area contributed by atoms with Crippen LogP contribution in [0, 0.1) is 0 Å². The van der Waals surface area contributed by atoms with Crippen LogP contribution in [-0.4, -0.2) is 34.6 Å². The molecule has 0 aliphatic carbocycles. The molecule has 184 valence electrons. The summed E-state index contributed by atoms with van der Waals surface area (Å²) in [4.78, 5) is 28.7. The Morgan fingerprint density at radius 1 is 0.857 bits per heavy atom. The number of hydrogen-bond acceptors (Lipinski definition) is 3. The van der Waals surface area contributed by atoms with Crippen LogP contribution in [0.4, 0.5) is 0 Å². The quantitative estimate of drug-likeness (QED) is 0.270. The molecule has 6 heteroatoms. The molecule has 0 saturated heterocycles. The number of thioether (sulfide) groups is 1. The molecule has 1 N–H and O–H groups in total. The summed E-state index contributed by atoms with van der Waals surface area (Å²) in [5.41, 5.74) is 3.27. The number of nitrogens with one attached hydrogen (secondary N) is 1. The van der Waals surface area contributed by atoms with Gasteiger partial charge in [-0.05, 0) is 42.7 Å². The van der Waals surface area contributed by atoms with Crippen LogP contribution < -0.4 is 5.32 Å². The summed E-state index contributed by atoms with van der Waals surface area (Å²) in [7, 11) is 0. The maximum atomic E-state index is 13.6. The van der Waals surface area contributed by atoms with Gasteiger partial charge in [-0.15, -0.1) is 0 Å². The van der Waals surface area contributed by atoms with E-state index in [-0.39, 0.29) is 17.9 Å². The predicted octanol–water partition coefficient (Wildman–Crippen LogP) is 6.24. The van der Waals surface area contributed by atoms with E-state index in [1.165, 1.54) is 5.56 Å². The molecule has 0 aliphatic rings. The molecule has 4 nitrogen and oxygen atoms in total. The Hall–Kier alpha value is -2.57. The Morgan fingerprint density at radius 2 is 1.46 bits per heavy atom. The highest BCUT2D eigenvalue weighted by atomic mass is 79.9. The minimum Gasteiger partial charge on any atom is -0.352 e. The Balaban J connectivity index is 1.78. The second-order valence-corrected chi connectivity index (χ2v) is 10.8. The van der Waals surface area contributed by atoms with Gasteiger partial charge in [0.15, 0.2) is 0 Å². The van der Waals surface area contributed by atoms with Gasteiger partial charge in [0.05, 0.1) is 0 Å². The van der Waals surface area contributed by atoms with Crippen LogP contribution in [0.3, 0.4) is 0 Å². The van der Waals surface area contributed by atoms with Crippen molar-refractivity contribution in [2.24, 2.45) is 0 Å². The number of carbonyl (C=O) groups excluding carboxylic acids is 2. The van der Waals surface area contributed by atoms with Crippen molar-refractivity contribution < 1.29 is 9.59 Å². The van der Waals surface area contributed by atoms with Crippen molar-refractivity contribution in [3.05, 3.63) is 106 Å². The molecule has 0 bridgehead atoms. The molecule has 35 heavy (non-hydrogen) atoms. The molecule has 3 aromatic rings. The molecule has 3 rings (SSSR count). The molecular formula is C29H33BrN2O2S. The molecule has 1 atom stereocenters. The summed E-state index contributed by atoms with van der Waals surface area (Å²) >= 11 is 5.22. The molecule has 0 spiro atoms. The van der Waals surface area contributed by atoms with Gasteiger partial charge < -0.3 is 10.2 Å². The number of nitrogens with zero attached hydrogens (tertiary/aromatic N) is 1.